The molecule has 0 aromatic carbocycles. The molecule has 0 aliphatic rings. The van der Waals surface area contributed by atoms with Crippen LogP contribution < -0.4 is 11.1 Å². The van der Waals surface area contributed by atoms with Crippen molar-refractivity contribution >= 4 is 5.82 Å². The molecule has 1 unspecified atom stereocenters. The van der Waals surface area contributed by atoms with E-state index in [2.05, 4.69) is 22.2 Å². The van der Waals surface area contributed by atoms with E-state index in [1.54, 1.807) is 6.20 Å². The van der Waals surface area contributed by atoms with E-state index in [-0.39, 0.29) is 6.04 Å². The second-order valence-corrected chi connectivity index (χ2v) is 3.83. The Balaban J connectivity index is 2.46. The Hall–Kier alpha value is -1.16. The molecule has 0 bridgehead atoms. The summed E-state index contributed by atoms with van der Waals surface area (Å²) in [4.78, 5) is 8.62. The van der Waals surface area contributed by atoms with Gasteiger partial charge in [0.25, 0.3) is 0 Å². The van der Waals surface area contributed by atoms with E-state index >= 15 is 0 Å². The maximum Gasteiger partial charge on any atom is 0.147 e. The van der Waals surface area contributed by atoms with E-state index in [0.29, 0.717) is 0 Å². The van der Waals surface area contributed by atoms with Crippen LogP contribution in [0.15, 0.2) is 6.20 Å². The molecule has 1 heterocycles. The Morgan fingerprint density at radius 1 is 1.47 bits per heavy atom. The lowest BCUT2D eigenvalue weighted by Crippen LogP contribution is -2.22. The number of nitrogens with one attached hydrogen (secondary N) is 1. The minimum absolute atomic E-state index is 0.274. The SMILES string of the molecule is CCC(N)CCNc1nc(C)cnc1C. The zero-order valence-electron chi connectivity index (χ0n) is 9.75. The minimum atomic E-state index is 0.274. The summed E-state index contributed by atoms with van der Waals surface area (Å²) in [5.74, 6) is 0.873. The lowest BCUT2D eigenvalue weighted by molar-refractivity contribution is 0.612. The highest BCUT2D eigenvalue weighted by Crippen LogP contribution is 2.08. The van der Waals surface area contributed by atoms with Crippen LogP contribution >= 0.6 is 0 Å². The van der Waals surface area contributed by atoms with E-state index in [1.165, 1.54) is 0 Å². The largest absolute Gasteiger partial charge is 0.369 e. The average molecular weight is 208 g/mol. The molecule has 1 rings (SSSR count). The number of nitrogens with zero attached hydrogens (tertiary/aromatic N) is 2. The Morgan fingerprint density at radius 2 is 2.20 bits per heavy atom. The van der Waals surface area contributed by atoms with Gasteiger partial charge in [-0.3, -0.25) is 4.98 Å². The van der Waals surface area contributed by atoms with Gasteiger partial charge in [-0.15, -0.1) is 0 Å². The third kappa shape index (κ3) is 3.83. The van der Waals surface area contributed by atoms with Crippen molar-refractivity contribution in [2.24, 2.45) is 5.73 Å². The van der Waals surface area contributed by atoms with Crippen molar-refractivity contribution in [1.29, 1.82) is 0 Å². The quantitative estimate of drug-likeness (QED) is 0.772. The molecule has 0 saturated heterocycles. The fraction of sp³-hybridized carbons (Fsp3) is 0.636. The van der Waals surface area contributed by atoms with Crippen LogP contribution in [0.3, 0.4) is 0 Å². The van der Waals surface area contributed by atoms with Gasteiger partial charge in [0.1, 0.15) is 5.82 Å². The van der Waals surface area contributed by atoms with Crippen LogP contribution in [-0.4, -0.2) is 22.6 Å². The predicted molar refractivity (Wildman–Crippen MR) is 62.9 cm³/mol. The van der Waals surface area contributed by atoms with Crippen LogP contribution in [0.1, 0.15) is 31.2 Å². The van der Waals surface area contributed by atoms with Gasteiger partial charge in [-0.25, -0.2) is 4.98 Å². The van der Waals surface area contributed by atoms with Crippen molar-refractivity contribution < 1.29 is 0 Å². The molecule has 3 N–H and O–H groups in total. The van der Waals surface area contributed by atoms with Gasteiger partial charge in [0.2, 0.25) is 0 Å². The number of hydrogen-bond donors (Lipinski definition) is 2. The van der Waals surface area contributed by atoms with E-state index < -0.39 is 0 Å². The van der Waals surface area contributed by atoms with Gasteiger partial charge in [-0.2, -0.15) is 0 Å². The van der Waals surface area contributed by atoms with Crippen molar-refractivity contribution in [2.75, 3.05) is 11.9 Å². The molecule has 84 valence electrons. The fourth-order valence-corrected chi connectivity index (χ4v) is 1.29. The van der Waals surface area contributed by atoms with Gasteiger partial charge in [-0.1, -0.05) is 6.92 Å². The first-order valence-corrected chi connectivity index (χ1v) is 5.43. The van der Waals surface area contributed by atoms with E-state index in [9.17, 15) is 0 Å². The van der Waals surface area contributed by atoms with Gasteiger partial charge >= 0.3 is 0 Å². The summed E-state index contributed by atoms with van der Waals surface area (Å²) in [5, 5.41) is 3.27. The summed E-state index contributed by atoms with van der Waals surface area (Å²) in [5.41, 5.74) is 7.70. The predicted octanol–water partition coefficient (Wildman–Crippen LogP) is 1.63. The van der Waals surface area contributed by atoms with Crippen LogP contribution in [0.4, 0.5) is 5.82 Å². The molecule has 0 spiro atoms. The summed E-state index contributed by atoms with van der Waals surface area (Å²) < 4.78 is 0. The van der Waals surface area contributed by atoms with Crippen LogP contribution in [0.2, 0.25) is 0 Å². The second-order valence-electron chi connectivity index (χ2n) is 3.83. The summed E-state index contributed by atoms with van der Waals surface area (Å²) in [6.07, 6.45) is 3.75. The zero-order chi connectivity index (χ0) is 11.3. The summed E-state index contributed by atoms with van der Waals surface area (Å²) in [6, 6.07) is 0.274. The molecular formula is C11H20N4. The normalized spacial score (nSPS) is 12.5. The molecule has 0 saturated carbocycles. The van der Waals surface area contributed by atoms with E-state index in [0.717, 1.165) is 36.6 Å². The number of aromatic nitrogens is 2. The van der Waals surface area contributed by atoms with Gasteiger partial charge < -0.3 is 11.1 Å². The lowest BCUT2D eigenvalue weighted by Gasteiger charge is -2.11. The molecule has 0 fully saturated rings. The molecule has 1 atom stereocenters. The molecule has 0 aliphatic carbocycles. The molecule has 0 radical (unpaired) electrons. The molecule has 1 aromatic heterocycles. The van der Waals surface area contributed by atoms with Gasteiger partial charge in [0.05, 0.1) is 11.4 Å². The molecule has 4 nitrogen and oxygen atoms in total. The van der Waals surface area contributed by atoms with Crippen LogP contribution in [0.25, 0.3) is 0 Å². The Bertz CT molecular complexity index is 311. The maximum absolute atomic E-state index is 5.83. The number of nitrogens with two attached hydrogens (primary N) is 1. The highest BCUT2D eigenvalue weighted by molar-refractivity contribution is 5.39. The summed E-state index contributed by atoms with van der Waals surface area (Å²) in [7, 11) is 0. The average Bonchev–Trinajstić information content (AvgIpc) is 2.23. The molecule has 1 aromatic rings. The topological polar surface area (TPSA) is 63.8 Å². The van der Waals surface area contributed by atoms with Crippen LogP contribution in [0.5, 0.6) is 0 Å². The number of anilines is 1. The zero-order valence-corrected chi connectivity index (χ0v) is 9.75. The Kier molecular flexibility index (Phi) is 4.49. The van der Waals surface area contributed by atoms with Gasteiger partial charge in [0, 0.05) is 18.8 Å². The molecule has 15 heavy (non-hydrogen) atoms. The first-order valence-electron chi connectivity index (χ1n) is 5.43. The Labute approximate surface area is 91.3 Å². The number of aryl methyl sites for hydroxylation is 2. The van der Waals surface area contributed by atoms with Gasteiger partial charge in [0.15, 0.2) is 0 Å². The van der Waals surface area contributed by atoms with Crippen LogP contribution in [0, 0.1) is 13.8 Å². The fourth-order valence-electron chi connectivity index (χ4n) is 1.29. The molecular weight excluding hydrogens is 188 g/mol. The Morgan fingerprint density at radius 3 is 2.87 bits per heavy atom. The number of hydrogen-bond acceptors (Lipinski definition) is 4. The summed E-state index contributed by atoms with van der Waals surface area (Å²) in [6.45, 7) is 6.85. The lowest BCUT2D eigenvalue weighted by atomic mass is 10.2. The first-order chi connectivity index (χ1) is 7.13. The van der Waals surface area contributed by atoms with Crippen molar-refractivity contribution in [1.82, 2.24) is 9.97 Å². The maximum atomic E-state index is 5.83. The molecule has 0 aliphatic heterocycles. The van der Waals surface area contributed by atoms with Crippen LogP contribution in [-0.2, 0) is 0 Å². The second kappa shape index (κ2) is 5.66. The van der Waals surface area contributed by atoms with E-state index in [4.69, 9.17) is 5.73 Å². The van der Waals surface area contributed by atoms with Crippen molar-refractivity contribution in [3.05, 3.63) is 17.6 Å². The standard InChI is InChI=1S/C11H20N4/c1-4-10(12)5-6-13-11-9(3)14-7-8(2)15-11/h7,10H,4-6,12H2,1-3H3,(H,13,15). The highest BCUT2D eigenvalue weighted by atomic mass is 15.0. The number of rotatable bonds is 5. The van der Waals surface area contributed by atoms with Gasteiger partial charge in [-0.05, 0) is 26.7 Å². The van der Waals surface area contributed by atoms with Crippen molar-refractivity contribution in [3.8, 4) is 0 Å². The third-order valence-corrected chi connectivity index (χ3v) is 2.41. The highest BCUT2D eigenvalue weighted by Gasteiger charge is 2.02. The van der Waals surface area contributed by atoms with E-state index in [1.807, 2.05) is 13.8 Å². The molecule has 4 heteroatoms. The smallest absolute Gasteiger partial charge is 0.147 e. The van der Waals surface area contributed by atoms with Crippen molar-refractivity contribution in [3.63, 3.8) is 0 Å². The third-order valence-electron chi connectivity index (χ3n) is 2.41. The monoisotopic (exact) mass is 208 g/mol. The summed E-state index contributed by atoms with van der Waals surface area (Å²) >= 11 is 0. The minimum Gasteiger partial charge on any atom is -0.369 e. The molecule has 0 amide bonds. The first kappa shape index (κ1) is 11.9. The van der Waals surface area contributed by atoms with Crippen molar-refractivity contribution in [2.45, 2.75) is 39.7 Å².